The van der Waals surface area contributed by atoms with Crippen molar-refractivity contribution in [1.29, 1.82) is 0 Å². The predicted molar refractivity (Wildman–Crippen MR) is 75.7 cm³/mol. The van der Waals surface area contributed by atoms with Crippen LogP contribution in [0.5, 0.6) is 0 Å². The van der Waals surface area contributed by atoms with E-state index in [0.717, 1.165) is 37.7 Å². The molecule has 1 N–H and O–H groups in total. The van der Waals surface area contributed by atoms with Gasteiger partial charge in [-0.15, -0.1) is 0 Å². The van der Waals surface area contributed by atoms with Gasteiger partial charge in [0.25, 0.3) is 0 Å². The van der Waals surface area contributed by atoms with E-state index in [1.807, 2.05) is 19.0 Å². The fourth-order valence-corrected chi connectivity index (χ4v) is 1.97. The second-order valence-corrected chi connectivity index (χ2v) is 5.05. The van der Waals surface area contributed by atoms with Crippen molar-refractivity contribution in [3.05, 3.63) is 0 Å². The zero-order valence-corrected chi connectivity index (χ0v) is 11.8. The molecule has 1 rings (SSSR count). The van der Waals surface area contributed by atoms with Gasteiger partial charge in [0, 0.05) is 33.7 Å². The Bertz CT molecular complexity index is 268. The van der Waals surface area contributed by atoms with E-state index >= 15 is 0 Å². The summed E-state index contributed by atoms with van der Waals surface area (Å²) in [6.45, 7) is 4.17. The van der Waals surface area contributed by atoms with Crippen LogP contribution in [0.25, 0.3) is 0 Å². The molecule has 6 heteroatoms. The zero-order valence-electron chi connectivity index (χ0n) is 10.2. The van der Waals surface area contributed by atoms with Crippen molar-refractivity contribution in [3.63, 3.8) is 0 Å². The topological polar surface area (TPSA) is 21.8 Å². The third-order valence-electron chi connectivity index (χ3n) is 2.63. The van der Waals surface area contributed by atoms with Gasteiger partial charge in [0.2, 0.25) is 0 Å². The SMILES string of the molecule is CN1CCCN(C(=S)NC(=S)N(C)C)CC1. The van der Waals surface area contributed by atoms with Crippen LogP contribution in [0.15, 0.2) is 0 Å². The summed E-state index contributed by atoms with van der Waals surface area (Å²) in [6, 6.07) is 0. The molecule has 0 amide bonds. The first-order chi connectivity index (χ1) is 7.50. The molecule has 1 fully saturated rings. The molecule has 0 aromatic carbocycles. The molecule has 0 aromatic rings. The fourth-order valence-electron chi connectivity index (χ4n) is 1.53. The predicted octanol–water partition coefficient (Wildman–Crippen LogP) is 0.345. The molecule has 0 unspecified atom stereocenters. The van der Waals surface area contributed by atoms with E-state index in [4.69, 9.17) is 24.4 Å². The Kier molecular flexibility index (Phi) is 5.37. The van der Waals surface area contributed by atoms with Gasteiger partial charge in [-0.1, -0.05) is 0 Å². The molecule has 0 saturated carbocycles. The van der Waals surface area contributed by atoms with E-state index in [2.05, 4.69) is 22.2 Å². The van der Waals surface area contributed by atoms with Crippen molar-refractivity contribution in [3.8, 4) is 0 Å². The molecule has 16 heavy (non-hydrogen) atoms. The van der Waals surface area contributed by atoms with Crippen molar-refractivity contribution in [2.75, 3.05) is 47.3 Å². The third-order valence-corrected chi connectivity index (χ3v) is 3.45. The van der Waals surface area contributed by atoms with E-state index in [0.29, 0.717) is 5.11 Å². The summed E-state index contributed by atoms with van der Waals surface area (Å²) in [4.78, 5) is 6.37. The molecule has 4 nitrogen and oxygen atoms in total. The Balaban J connectivity index is 2.44. The maximum absolute atomic E-state index is 5.35. The lowest BCUT2D eigenvalue weighted by Crippen LogP contribution is -2.47. The molecule has 0 atom stereocenters. The average molecular weight is 260 g/mol. The molecular formula is C10H20N4S2. The van der Waals surface area contributed by atoms with Crippen molar-refractivity contribution in [1.82, 2.24) is 20.0 Å². The van der Waals surface area contributed by atoms with Crippen LogP contribution in [0.1, 0.15) is 6.42 Å². The van der Waals surface area contributed by atoms with Crippen molar-refractivity contribution in [2.45, 2.75) is 6.42 Å². The van der Waals surface area contributed by atoms with Crippen LogP contribution in [0.4, 0.5) is 0 Å². The summed E-state index contributed by atoms with van der Waals surface area (Å²) < 4.78 is 0. The minimum atomic E-state index is 0.669. The first-order valence-corrected chi connectivity index (χ1v) is 6.28. The van der Waals surface area contributed by atoms with E-state index in [1.165, 1.54) is 0 Å². The van der Waals surface area contributed by atoms with Gasteiger partial charge in [0.1, 0.15) is 0 Å². The zero-order chi connectivity index (χ0) is 12.1. The van der Waals surface area contributed by atoms with Gasteiger partial charge in [-0.25, -0.2) is 0 Å². The Morgan fingerprint density at radius 2 is 1.81 bits per heavy atom. The van der Waals surface area contributed by atoms with Crippen molar-refractivity contribution in [2.24, 2.45) is 0 Å². The molecule has 1 heterocycles. The highest BCUT2D eigenvalue weighted by Crippen LogP contribution is 2.01. The number of hydrogen-bond acceptors (Lipinski definition) is 3. The largest absolute Gasteiger partial charge is 0.355 e. The molecule has 92 valence electrons. The van der Waals surface area contributed by atoms with E-state index in [9.17, 15) is 0 Å². The molecule has 1 saturated heterocycles. The monoisotopic (exact) mass is 260 g/mol. The lowest BCUT2D eigenvalue weighted by atomic mass is 10.4. The quantitative estimate of drug-likeness (QED) is 0.630. The Morgan fingerprint density at radius 3 is 2.44 bits per heavy atom. The molecular weight excluding hydrogens is 240 g/mol. The second-order valence-electron chi connectivity index (χ2n) is 4.27. The molecule has 0 bridgehead atoms. The Labute approximate surface area is 109 Å². The molecule has 0 aliphatic carbocycles. The Morgan fingerprint density at radius 1 is 1.12 bits per heavy atom. The highest BCUT2D eigenvalue weighted by Gasteiger charge is 2.15. The molecule has 0 radical (unpaired) electrons. The highest BCUT2D eigenvalue weighted by molar-refractivity contribution is 7.81. The van der Waals surface area contributed by atoms with Crippen molar-refractivity contribution < 1.29 is 0 Å². The van der Waals surface area contributed by atoms with Crippen LogP contribution < -0.4 is 5.32 Å². The number of nitrogens with zero attached hydrogens (tertiary/aromatic N) is 3. The number of rotatable bonds is 0. The van der Waals surface area contributed by atoms with Crippen LogP contribution in [-0.2, 0) is 0 Å². The lowest BCUT2D eigenvalue weighted by Gasteiger charge is -2.25. The van der Waals surface area contributed by atoms with Gasteiger partial charge in [0.15, 0.2) is 10.2 Å². The molecule has 1 aliphatic rings. The smallest absolute Gasteiger partial charge is 0.175 e. The standard InChI is InChI=1S/C10H20N4S2/c1-12(2)9(15)11-10(16)14-6-4-5-13(3)7-8-14/h4-8H2,1-3H3,(H,11,15,16). The summed E-state index contributed by atoms with van der Waals surface area (Å²) in [5, 5.41) is 4.50. The minimum absolute atomic E-state index is 0.669. The fraction of sp³-hybridized carbons (Fsp3) is 0.800. The minimum Gasteiger partial charge on any atom is -0.355 e. The molecule has 0 spiro atoms. The first kappa shape index (κ1) is 13.6. The molecule has 0 aromatic heterocycles. The van der Waals surface area contributed by atoms with Gasteiger partial charge in [-0.3, -0.25) is 0 Å². The second kappa shape index (κ2) is 6.32. The summed E-state index contributed by atoms with van der Waals surface area (Å²) >= 11 is 10.5. The first-order valence-electron chi connectivity index (χ1n) is 5.46. The van der Waals surface area contributed by atoms with Gasteiger partial charge in [-0.2, -0.15) is 0 Å². The number of nitrogens with one attached hydrogen (secondary N) is 1. The molecule has 1 aliphatic heterocycles. The van der Waals surface area contributed by atoms with Gasteiger partial charge < -0.3 is 20.0 Å². The third kappa shape index (κ3) is 4.19. The number of thiocarbonyl (C=S) groups is 2. The lowest BCUT2D eigenvalue weighted by molar-refractivity contribution is 0.346. The normalized spacial score (nSPS) is 17.8. The maximum atomic E-state index is 5.35. The van der Waals surface area contributed by atoms with E-state index in [1.54, 1.807) is 0 Å². The van der Waals surface area contributed by atoms with Crippen molar-refractivity contribution >= 4 is 34.7 Å². The maximum Gasteiger partial charge on any atom is 0.175 e. The highest BCUT2D eigenvalue weighted by atomic mass is 32.1. The van der Waals surface area contributed by atoms with Gasteiger partial charge in [-0.05, 0) is 44.4 Å². The summed E-state index contributed by atoms with van der Waals surface area (Å²) in [5.41, 5.74) is 0. The average Bonchev–Trinajstić information content (AvgIpc) is 2.42. The van der Waals surface area contributed by atoms with Crippen LogP contribution >= 0.6 is 24.4 Å². The van der Waals surface area contributed by atoms with Crippen LogP contribution in [0, 0.1) is 0 Å². The van der Waals surface area contributed by atoms with E-state index in [-0.39, 0.29) is 0 Å². The van der Waals surface area contributed by atoms with Crippen LogP contribution in [0.2, 0.25) is 0 Å². The Hall–Kier alpha value is -0.460. The summed E-state index contributed by atoms with van der Waals surface area (Å²) in [5.74, 6) is 0. The number of hydrogen-bond donors (Lipinski definition) is 1. The van der Waals surface area contributed by atoms with Gasteiger partial charge >= 0.3 is 0 Å². The van der Waals surface area contributed by atoms with E-state index < -0.39 is 0 Å². The van der Waals surface area contributed by atoms with Gasteiger partial charge in [0.05, 0.1) is 0 Å². The summed E-state index contributed by atoms with van der Waals surface area (Å²) in [6.07, 6.45) is 1.15. The summed E-state index contributed by atoms with van der Waals surface area (Å²) in [7, 11) is 5.97. The van der Waals surface area contributed by atoms with Crippen LogP contribution in [-0.4, -0.2) is 72.2 Å². The number of likely N-dealkylation sites (N-methyl/N-ethyl adjacent to an activating group) is 1. The van der Waals surface area contributed by atoms with Crippen LogP contribution in [0.3, 0.4) is 0 Å².